The van der Waals surface area contributed by atoms with Crippen LogP contribution in [0.15, 0.2) is 18.2 Å². The number of nitrogens with two attached hydrogens (primary N) is 1. The van der Waals surface area contributed by atoms with Gasteiger partial charge < -0.3 is 5.73 Å². The van der Waals surface area contributed by atoms with Crippen LogP contribution in [0.25, 0.3) is 0 Å². The number of rotatable bonds is 5. The second kappa shape index (κ2) is 5.57. The zero-order chi connectivity index (χ0) is 12.4. The molecule has 0 bridgehead atoms. The molecule has 1 aliphatic carbocycles. The van der Waals surface area contributed by atoms with Gasteiger partial charge in [-0.25, -0.2) is 0 Å². The first-order chi connectivity index (χ1) is 8.04. The predicted octanol–water partition coefficient (Wildman–Crippen LogP) is 3.49. The molecule has 1 fully saturated rings. The molecule has 2 nitrogen and oxygen atoms in total. The number of halogens is 1. The minimum Gasteiger partial charge on any atom is -0.399 e. The van der Waals surface area contributed by atoms with Crippen LogP contribution >= 0.6 is 22.6 Å². The van der Waals surface area contributed by atoms with E-state index in [0.29, 0.717) is 6.04 Å². The van der Waals surface area contributed by atoms with E-state index in [0.717, 1.165) is 18.2 Å². The number of hydrogen-bond donors (Lipinski definition) is 1. The van der Waals surface area contributed by atoms with E-state index in [1.54, 1.807) is 0 Å². The smallest absolute Gasteiger partial charge is 0.0327 e. The van der Waals surface area contributed by atoms with Gasteiger partial charge in [-0.3, -0.25) is 4.90 Å². The Hall–Kier alpha value is -0.290. The summed E-state index contributed by atoms with van der Waals surface area (Å²) >= 11 is 2.33. The number of benzene rings is 1. The van der Waals surface area contributed by atoms with Crippen molar-refractivity contribution in [3.8, 4) is 0 Å². The van der Waals surface area contributed by atoms with E-state index in [-0.39, 0.29) is 0 Å². The van der Waals surface area contributed by atoms with E-state index in [9.17, 15) is 0 Å². The average molecular weight is 344 g/mol. The number of nitrogens with zero attached hydrogens (tertiary/aromatic N) is 1. The number of nitrogen functional groups attached to an aromatic ring is 1. The molecule has 0 atom stereocenters. The van der Waals surface area contributed by atoms with Crippen molar-refractivity contribution in [2.75, 3.05) is 12.3 Å². The van der Waals surface area contributed by atoms with E-state index in [1.807, 2.05) is 6.07 Å². The van der Waals surface area contributed by atoms with Crippen LogP contribution in [0.5, 0.6) is 0 Å². The highest BCUT2D eigenvalue weighted by atomic mass is 127. The minimum atomic E-state index is 0.606. The van der Waals surface area contributed by atoms with Crippen LogP contribution in [0, 0.1) is 9.49 Å². The van der Waals surface area contributed by atoms with Gasteiger partial charge in [0.2, 0.25) is 0 Å². The molecule has 3 heteroatoms. The van der Waals surface area contributed by atoms with Crippen LogP contribution in [0.3, 0.4) is 0 Å². The molecule has 0 heterocycles. The van der Waals surface area contributed by atoms with E-state index >= 15 is 0 Å². The van der Waals surface area contributed by atoms with Crippen molar-refractivity contribution in [1.82, 2.24) is 4.90 Å². The molecule has 0 radical (unpaired) electrons. The van der Waals surface area contributed by atoms with Gasteiger partial charge in [-0.1, -0.05) is 0 Å². The van der Waals surface area contributed by atoms with Crippen LogP contribution in [0.2, 0.25) is 0 Å². The Morgan fingerprint density at radius 2 is 2.06 bits per heavy atom. The Labute approximate surface area is 118 Å². The lowest BCUT2D eigenvalue weighted by molar-refractivity contribution is 0.204. The summed E-state index contributed by atoms with van der Waals surface area (Å²) in [7, 11) is 0. The second-order valence-electron chi connectivity index (χ2n) is 5.36. The molecular formula is C14H21IN2. The summed E-state index contributed by atoms with van der Waals surface area (Å²) in [4.78, 5) is 2.56. The molecule has 0 aromatic heterocycles. The van der Waals surface area contributed by atoms with Gasteiger partial charge >= 0.3 is 0 Å². The molecule has 1 saturated carbocycles. The molecular weight excluding hydrogens is 323 g/mol. The Morgan fingerprint density at radius 1 is 1.35 bits per heavy atom. The maximum atomic E-state index is 5.90. The van der Waals surface area contributed by atoms with E-state index < -0.39 is 0 Å². The molecule has 94 valence electrons. The van der Waals surface area contributed by atoms with Crippen molar-refractivity contribution >= 4 is 28.3 Å². The Morgan fingerprint density at radius 3 is 2.59 bits per heavy atom. The Bertz CT molecular complexity index is 366. The third-order valence-corrected chi connectivity index (χ3v) is 3.91. The third kappa shape index (κ3) is 4.14. The zero-order valence-electron chi connectivity index (χ0n) is 10.6. The lowest BCUT2D eigenvalue weighted by Gasteiger charge is -2.26. The minimum absolute atomic E-state index is 0.606. The van der Waals surface area contributed by atoms with Crippen molar-refractivity contribution in [3.63, 3.8) is 0 Å². The summed E-state index contributed by atoms with van der Waals surface area (Å²) in [5, 5.41) is 0. The van der Waals surface area contributed by atoms with Crippen LogP contribution in [0.1, 0.15) is 32.3 Å². The van der Waals surface area contributed by atoms with Crippen molar-refractivity contribution < 1.29 is 0 Å². The maximum absolute atomic E-state index is 5.90. The molecule has 0 saturated heterocycles. The first-order valence-corrected chi connectivity index (χ1v) is 7.41. The molecule has 1 aliphatic rings. The number of anilines is 1. The van der Waals surface area contributed by atoms with Gasteiger partial charge in [-0.2, -0.15) is 0 Å². The van der Waals surface area contributed by atoms with Crippen molar-refractivity contribution in [1.29, 1.82) is 0 Å². The zero-order valence-corrected chi connectivity index (χ0v) is 12.8. The topological polar surface area (TPSA) is 29.3 Å². The van der Waals surface area contributed by atoms with E-state index in [1.165, 1.54) is 28.5 Å². The highest BCUT2D eigenvalue weighted by molar-refractivity contribution is 14.1. The largest absolute Gasteiger partial charge is 0.399 e. The van der Waals surface area contributed by atoms with Gasteiger partial charge in [0.25, 0.3) is 0 Å². The van der Waals surface area contributed by atoms with Crippen LogP contribution in [0.4, 0.5) is 5.69 Å². The molecule has 2 N–H and O–H groups in total. The normalized spacial score (nSPS) is 15.8. The van der Waals surface area contributed by atoms with E-state index in [4.69, 9.17) is 5.73 Å². The van der Waals surface area contributed by atoms with Gasteiger partial charge in [0, 0.05) is 28.4 Å². The van der Waals surface area contributed by atoms with Crippen molar-refractivity contribution in [2.24, 2.45) is 5.92 Å². The molecule has 0 amide bonds. The molecule has 1 aromatic rings. The van der Waals surface area contributed by atoms with Crippen molar-refractivity contribution in [2.45, 2.75) is 39.3 Å². The fourth-order valence-corrected chi connectivity index (χ4v) is 2.85. The van der Waals surface area contributed by atoms with Crippen LogP contribution in [-0.2, 0) is 6.54 Å². The fraction of sp³-hybridized carbons (Fsp3) is 0.571. The van der Waals surface area contributed by atoms with Gasteiger partial charge in [0.1, 0.15) is 0 Å². The standard InChI is InChI=1S/C14H21IN2/c1-10(2)17(8-11-3-4-11)9-12-5-13(15)7-14(16)6-12/h5-7,10-11H,3-4,8-9,16H2,1-2H3. The van der Waals surface area contributed by atoms with Gasteiger partial charge in [0.15, 0.2) is 0 Å². The number of hydrogen-bond acceptors (Lipinski definition) is 2. The predicted molar refractivity (Wildman–Crippen MR) is 81.8 cm³/mol. The quantitative estimate of drug-likeness (QED) is 0.654. The maximum Gasteiger partial charge on any atom is 0.0327 e. The monoisotopic (exact) mass is 344 g/mol. The molecule has 17 heavy (non-hydrogen) atoms. The summed E-state index contributed by atoms with van der Waals surface area (Å²) in [5.41, 5.74) is 8.12. The molecule has 0 spiro atoms. The van der Waals surface area contributed by atoms with Gasteiger partial charge in [0.05, 0.1) is 0 Å². The van der Waals surface area contributed by atoms with Gasteiger partial charge in [-0.05, 0) is 79.0 Å². The first kappa shape index (κ1) is 13.1. The second-order valence-corrected chi connectivity index (χ2v) is 6.61. The lowest BCUT2D eigenvalue weighted by Crippen LogP contribution is -2.32. The molecule has 0 unspecified atom stereocenters. The Balaban J connectivity index is 2.04. The van der Waals surface area contributed by atoms with Gasteiger partial charge in [-0.15, -0.1) is 0 Å². The summed E-state index contributed by atoms with van der Waals surface area (Å²) in [5.74, 6) is 0.942. The van der Waals surface area contributed by atoms with Crippen LogP contribution < -0.4 is 5.73 Å². The highest BCUT2D eigenvalue weighted by Gasteiger charge is 2.25. The average Bonchev–Trinajstić information content (AvgIpc) is 2.98. The van der Waals surface area contributed by atoms with E-state index in [2.05, 4.69) is 53.5 Å². The summed E-state index contributed by atoms with van der Waals surface area (Å²) < 4.78 is 1.23. The molecule has 1 aromatic carbocycles. The fourth-order valence-electron chi connectivity index (χ4n) is 2.09. The molecule has 0 aliphatic heterocycles. The Kier molecular flexibility index (Phi) is 4.31. The summed E-state index contributed by atoms with van der Waals surface area (Å²) in [6.07, 6.45) is 2.83. The lowest BCUT2D eigenvalue weighted by atomic mass is 10.1. The first-order valence-electron chi connectivity index (χ1n) is 6.33. The summed E-state index contributed by atoms with van der Waals surface area (Å²) in [6, 6.07) is 6.96. The van der Waals surface area contributed by atoms with Crippen LogP contribution in [-0.4, -0.2) is 17.5 Å². The molecule has 2 rings (SSSR count). The van der Waals surface area contributed by atoms with Crippen molar-refractivity contribution in [3.05, 3.63) is 27.3 Å². The third-order valence-electron chi connectivity index (χ3n) is 3.29. The summed E-state index contributed by atoms with van der Waals surface area (Å²) in [6.45, 7) is 6.82. The highest BCUT2D eigenvalue weighted by Crippen LogP contribution is 2.31. The SMILES string of the molecule is CC(C)N(Cc1cc(N)cc(I)c1)CC1CC1.